The van der Waals surface area contributed by atoms with Crippen LogP contribution in [0.3, 0.4) is 0 Å². The van der Waals surface area contributed by atoms with Crippen molar-refractivity contribution in [3.8, 4) is 0 Å². The number of hydrogen-bond donors (Lipinski definition) is 3. The first-order valence-electron chi connectivity index (χ1n) is 8.22. The predicted molar refractivity (Wildman–Crippen MR) is 96.5 cm³/mol. The number of H-pyrrole nitrogens is 1. The third-order valence-corrected chi connectivity index (χ3v) is 5.79. The molecular weight excluding hydrogens is 356 g/mol. The number of amides is 1. The molecule has 1 aliphatic rings. The smallest absolute Gasteiger partial charge is 0.264 e. The lowest BCUT2D eigenvalue weighted by Gasteiger charge is -2.24. The molecule has 3 rings (SSSR count). The summed E-state index contributed by atoms with van der Waals surface area (Å²) in [5.41, 5.74) is 2.24. The lowest BCUT2D eigenvalue weighted by atomic mass is 9.93. The highest BCUT2D eigenvalue weighted by Gasteiger charge is 2.27. The molecule has 138 valence electrons. The highest BCUT2D eigenvalue weighted by atomic mass is 32.2. The third kappa shape index (κ3) is 4.00. The fourth-order valence-electron chi connectivity index (χ4n) is 3.07. The summed E-state index contributed by atoms with van der Waals surface area (Å²) in [5, 5.41) is 8.95. The second-order valence-corrected chi connectivity index (χ2v) is 8.13. The van der Waals surface area contributed by atoms with Gasteiger partial charge >= 0.3 is 0 Å². The van der Waals surface area contributed by atoms with E-state index in [9.17, 15) is 18.0 Å². The van der Waals surface area contributed by atoms with E-state index in [-0.39, 0.29) is 28.1 Å². The summed E-state index contributed by atoms with van der Waals surface area (Å²) < 4.78 is 28.5. The molecule has 3 N–H and O–H groups in total. The van der Waals surface area contributed by atoms with Crippen molar-refractivity contribution < 1.29 is 13.2 Å². The summed E-state index contributed by atoms with van der Waals surface area (Å²) in [5.74, 6) is -0.345. The zero-order chi connectivity index (χ0) is 18.9. The maximum absolute atomic E-state index is 12.9. The minimum atomic E-state index is -3.84. The fraction of sp³-hybridized carbons (Fsp3) is 0.353. The molecule has 1 aromatic carbocycles. The fourth-order valence-corrected chi connectivity index (χ4v) is 4.58. The van der Waals surface area contributed by atoms with Gasteiger partial charge in [-0.25, -0.2) is 18.2 Å². The van der Waals surface area contributed by atoms with Crippen LogP contribution in [-0.4, -0.2) is 30.6 Å². The van der Waals surface area contributed by atoms with Crippen LogP contribution in [0.4, 0.5) is 5.69 Å². The molecule has 1 aromatic heterocycles. The van der Waals surface area contributed by atoms with Crippen LogP contribution in [0, 0.1) is 6.92 Å². The number of anilines is 1. The van der Waals surface area contributed by atoms with E-state index in [0.29, 0.717) is 19.3 Å². The molecule has 1 unspecified atom stereocenters. The van der Waals surface area contributed by atoms with Crippen molar-refractivity contribution in [2.75, 3.05) is 5.32 Å². The molecule has 0 bridgehead atoms. The van der Waals surface area contributed by atoms with Gasteiger partial charge in [0.25, 0.3) is 5.56 Å². The van der Waals surface area contributed by atoms with Crippen LogP contribution in [0.15, 0.2) is 34.0 Å². The van der Waals surface area contributed by atoms with Crippen LogP contribution in [0.5, 0.6) is 0 Å². The van der Waals surface area contributed by atoms with E-state index in [0.717, 1.165) is 16.8 Å². The van der Waals surface area contributed by atoms with Gasteiger partial charge in [-0.1, -0.05) is 6.07 Å². The monoisotopic (exact) mass is 376 g/mol. The number of hydrogen-bond acceptors (Lipinski definition) is 5. The summed E-state index contributed by atoms with van der Waals surface area (Å²) in [6.45, 7) is 3.11. The minimum Gasteiger partial charge on any atom is -0.325 e. The van der Waals surface area contributed by atoms with Crippen molar-refractivity contribution in [1.29, 1.82) is 0 Å². The van der Waals surface area contributed by atoms with Gasteiger partial charge in [-0.05, 0) is 49.4 Å². The maximum Gasteiger partial charge on any atom is 0.264 e. The zero-order valence-electron chi connectivity index (χ0n) is 14.5. The molecule has 9 heteroatoms. The molecule has 0 aliphatic heterocycles. The summed E-state index contributed by atoms with van der Waals surface area (Å²) in [6, 6.07) is 5.94. The highest BCUT2D eigenvalue weighted by molar-refractivity contribution is 7.89. The van der Waals surface area contributed by atoms with Gasteiger partial charge in [0.2, 0.25) is 15.9 Å². The topological polar surface area (TPSA) is 121 Å². The number of carbonyl (C=O) groups excluding carboxylic acids is 1. The van der Waals surface area contributed by atoms with Crippen LogP contribution in [0.25, 0.3) is 0 Å². The second-order valence-electron chi connectivity index (χ2n) is 6.45. The maximum atomic E-state index is 12.9. The van der Waals surface area contributed by atoms with Gasteiger partial charge in [-0.15, -0.1) is 0 Å². The number of rotatable bonds is 4. The van der Waals surface area contributed by atoms with E-state index in [1.165, 1.54) is 19.1 Å². The largest absolute Gasteiger partial charge is 0.325 e. The van der Waals surface area contributed by atoms with Gasteiger partial charge in [0.15, 0.2) is 0 Å². The molecule has 8 nitrogen and oxygen atoms in total. The van der Waals surface area contributed by atoms with E-state index in [1.807, 2.05) is 0 Å². The lowest BCUT2D eigenvalue weighted by molar-refractivity contribution is -0.114. The van der Waals surface area contributed by atoms with Crippen molar-refractivity contribution in [2.45, 2.75) is 44.0 Å². The van der Waals surface area contributed by atoms with Gasteiger partial charge in [0.1, 0.15) is 4.90 Å². The van der Waals surface area contributed by atoms with Gasteiger partial charge in [-0.3, -0.25) is 9.59 Å². The number of aryl methyl sites for hydroxylation is 2. The normalized spacial score (nSPS) is 16.8. The third-order valence-electron chi connectivity index (χ3n) is 4.23. The molecule has 1 atom stereocenters. The van der Waals surface area contributed by atoms with Crippen LogP contribution >= 0.6 is 0 Å². The Bertz CT molecular complexity index is 1010. The molecule has 0 fully saturated rings. The quantitative estimate of drug-likeness (QED) is 0.731. The molecule has 0 saturated carbocycles. The molecule has 1 amide bonds. The minimum absolute atomic E-state index is 0.0301. The van der Waals surface area contributed by atoms with Crippen molar-refractivity contribution in [1.82, 2.24) is 14.9 Å². The number of fused-ring (bicyclic) bond motifs is 1. The van der Waals surface area contributed by atoms with E-state index >= 15 is 0 Å². The molecule has 1 heterocycles. The molecule has 0 saturated heterocycles. The number of nitrogens with zero attached hydrogens (tertiary/aromatic N) is 1. The van der Waals surface area contributed by atoms with Crippen molar-refractivity contribution in [2.24, 2.45) is 0 Å². The average molecular weight is 376 g/mol. The van der Waals surface area contributed by atoms with E-state index in [1.54, 1.807) is 19.1 Å². The Labute approximate surface area is 151 Å². The summed E-state index contributed by atoms with van der Waals surface area (Å²) in [6.07, 6.45) is 1.55. The van der Waals surface area contributed by atoms with Gasteiger partial charge < -0.3 is 5.32 Å². The van der Waals surface area contributed by atoms with Crippen LogP contribution < -0.4 is 15.6 Å². The number of sulfonamides is 1. The molecule has 1 aliphatic carbocycles. The lowest BCUT2D eigenvalue weighted by Crippen LogP contribution is -2.39. The Morgan fingerprint density at radius 2 is 2.08 bits per heavy atom. The Morgan fingerprint density at radius 1 is 1.31 bits per heavy atom. The Morgan fingerprint density at radius 3 is 2.81 bits per heavy atom. The van der Waals surface area contributed by atoms with Gasteiger partial charge in [-0.2, -0.15) is 5.10 Å². The van der Waals surface area contributed by atoms with Crippen LogP contribution in [0.1, 0.15) is 30.2 Å². The van der Waals surface area contributed by atoms with Crippen molar-refractivity contribution >= 4 is 21.6 Å². The first kappa shape index (κ1) is 18.3. The van der Waals surface area contributed by atoms with E-state index < -0.39 is 10.0 Å². The number of benzene rings is 1. The molecule has 0 spiro atoms. The number of carbonyl (C=O) groups is 1. The standard InChI is InChI=1S/C17H20N4O4S/c1-10-3-5-15(18-11(2)22)16(7-10)26(24,25)21-13-4-6-14-12(8-13)9-17(23)20-19-14/h3,5,7,9,13,21H,4,6,8H2,1-2H3,(H,18,22)(H,20,23). The number of aromatic amines is 1. The van der Waals surface area contributed by atoms with Crippen LogP contribution in [0.2, 0.25) is 0 Å². The van der Waals surface area contributed by atoms with E-state index in [2.05, 4.69) is 20.2 Å². The van der Waals surface area contributed by atoms with E-state index in [4.69, 9.17) is 0 Å². The van der Waals surface area contributed by atoms with Crippen LogP contribution in [-0.2, 0) is 27.7 Å². The zero-order valence-corrected chi connectivity index (χ0v) is 15.3. The summed E-state index contributed by atoms with van der Waals surface area (Å²) in [4.78, 5) is 22.8. The predicted octanol–water partition coefficient (Wildman–Crippen LogP) is 0.873. The Kier molecular flexibility index (Phi) is 4.92. The second kappa shape index (κ2) is 7.00. The number of nitrogens with one attached hydrogen (secondary N) is 3. The Balaban J connectivity index is 1.87. The highest BCUT2D eigenvalue weighted by Crippen LogP contribution is 2.25. The van der Waals surface area contributed by atoms with Gasteiger partial charge in [0, 0.05) is 19.0 Å². The molecule has 2 aromatic rings. The first-order valence-corrected chi connectivity index (χ1v) is 9.71. The molecular formula is C17H20N4O4S. The Hall–Kier alpha value is -2.52. The van der Waals surface area contributed by atoms with Gasteiger partial charge in [0.05, 0.1) is 11.4 Å². The SMILES string of the molecule is CC(=O)Nc1ccc(C)cc1S(=O)(=O)NC1CCc2n[nH]c(=O)cc2C1. The summed E-state index contributed by atoms with van der Waals surface area (Å²) in [7, 11) is -3.84. The van der Waals surface area contributed by atoms with Crippen molar-refractivity contribution in [3.05, 3.63) is 51.4 Å². The summed E-state index contributed by atoms with van der Waals surface area (Å²) >= 11 is 0. The molecule has 26 heavy (non-hydrogen) atoms. The average Bonchev–Trinajstić information content (AvgIpc) is 2.55. The molecule has 0 radical (unpaired) electrons. The number of aromatic nitrogens is 2. The first-order chi connectivity index (χ1) is 12.2. The van der Waals surface area contributed by atoms with Crippen molar-refractivity contribution in [3.63, 3.8) is 0 Å².